The summed E-state index contributed by atoms with van der Waals surface area (Å²) >= 11 is 0. The normalized spacial score (nSPS) is 22.8. The van der Waals surface area contributed by atoms with Crippen molar-refractivity contribution >= 4 is 28.8 Å². The number of nitrogens with zero attached hydrogens (tertiary/aromatic N) is 3. The second kappa shape index (κ2) is 17.0. The summed E-state index contributed by atoms with van der Waals surface area (Å²) in [6.45, 7) is 5.93. The third-order valence-corrected chi connectivity index (χ3v) is 7.22. The number of H-pyrrole nitrogens is 1. The number of carbonyl (C=O) groups excluding carboxylic acids is 2. The minimum atomic E-state index is -1.36. The van der Waals surface area contributed by atoms with E-state index in [2.05, 4.69) is 61.9 Å². The molecule has 12 heteroatoms. The van der Waals surface area contributed by atoms with Gasteiger partial charge in [0.05, 0.1) is 25.0 Å². The molecule has 5 unspecified atom stereocenters. The van der Waals surface area contributed by atoms with Gasteiger partial charge in [-0.15, -0.1) is 0 Å². The van der Waals surface area contributed by atoms with Gasteiger partial charge in [0.25, 0.3) is 0 Å². The topological polar surface area (TPSA) is 174 Å². The summed E-state index contributed by atoms with van der Waals surface area (Å²) in [5.74, 6) is 0.438. The Bertz CT molecular complexity index is 1110. The number of fused-ring (bicyclic) bond motifs is 1. The van der Waals surface area contributed by atoms with E-state index in [1.807, 2.05) is 0 Å². The molecule has 2 aromatic heterocycles. The lowest BCUT2D eigenvalue weighted by atomic mass is 9.96. The van der Waals surface area contributed by atoms with Gasteiger partial charge in [-0.3, -0.25) is 9.59 Å². The van der Waals surface area contributed by atoms with Crippen molar-refractivity contribution in [2.24, 2.45) is 5.92 Å². The number of unbranched alkanes of at least 4 members (excludes halogenated alkanes) is 7. The fourth-order valence-electron chi connectivity index (χ4n) is 4.82. The minimum absolute atomic E-state index is 0.180. The lowest BCUT2D eigenvalue weighted by Crippen LogP contribution is -2.64. The van der Waals surface area contributed by atoms with E-state index in [-0.39, 0.29) is 12.5 Å². The number of aliphatic hydroxyl groups excluding tert-OH is 2. The predicted molar refractivity (Wildman–Crippen MR) is 157 cm³/mol. The number of allylic oxidation sites excluding steroid dienone is 2. The molecule has 0 saturated carbocycles. The molecule has 0 aliphatic carbocycles. The van der Waals surface area contributed by atoms with Crippen molar-refractivity contribution in [1.29, 1.82) is 0 Å². The van der Waals surface area contributed by atoms with Crippen LogP contribution in [0.25, 0.3) is 11.2 Å². The van der Waals surface area contributed by atoms with E-state index in [4.69, 9.17) is 4.74 Å². The smallest absolute Gasteiger partial charge is 0.239 e. The molecule has 5 atom stereocenters. The highest BCUT2D eigenvalue weighted by molar-refractivity contribution is 5.85. The Morgan fingerprint density at radius 1 is 1.00 bits per heavy atom. The zero-order valence-electron chi connectivity index (χ0n) is 24.5. The lowest BCUT2D eigenvalue weighted by Gasteiger charge is -2.42. The Labute approximate surface area is 242 Å². The van der Waals surface area contributed by atoms with E-state index >= 15 is 0 Å². The Morgan fingerprint density at radius 3 is 2.49 bits per heavy atom. The van der Waals surface area contributed by atoms with Gasteiger partial charge in [0.2, 0.25) is 11.8 Å². The molecule has 0 bridgehead atoms. The molecule has 3 rings (SSSR count). The number of amides is 2. The molecular formula is C29H47N7O5. The van der Waals surface area contributed by atoms with Crippen molar-refractivity contribution in [3.05, 3.63) is 24.8 Å². The van der Waals surface area contributed by atoms with Crippen LogP contribution in [-0.4, -0.2) is 79.1 Å². The molecule has 6 N–H and O–H groups in total. The summed E-state index contributed by atoms with van der Waals surface area (Å²) in [6.07, 6.45) is 13.5. The first-order valence-corrected chi connectivity index (χ1v) is 14.9. The molecule has 2 aromatic rings. The maximum atomic E-state index is 12.5. The fourth-order valence-corrected chi connectivity index (χ4v) is 4.82. The van der Waals surface area contributed by atoms with Crippen molar-refractivity contribution in [2.75, 3.05) is 11.9 Å². The van der Waals surface area contributed by atoms with E-state index < -0.39 is 36.5 Å². The second-order valence-electron chi connectivity index (χ2n) is 11.2. The largest absolute Gasteiger partial charge is 0.388 e. The highest BCUT2D eigenvalue weighted by Gasteiger charge is 2.43. The number of hydrogen-bond donors (Lipinski definition) is 6. The number of hydrogen-bond acceptors (Lipinski definition) is 9. The van der Waals surface area contributed by atoms with Crippen LogP contribution in [0.15, 0.2) is 24.8 Å². The summed E-state index contributed by atoms with van der Waals surface area (Å²) in [4.78, 5) is 39.8. The third kappa shape index (κ3) is 10.7. The van der Waals surface area contributed by atoms with Gasteiger partial charge in [0, 0.05) is 6.42 Å². The Balaban J connectivity index is 1.27. The molecule has 0 aromatic carbocycles. The molecule has 0 spiro atoms. The van der Waals surface area contributed by atoms with Gasteiger partial charge in [-0.05, 0) is 38.5 Å². The molecule has 1 fully saturated rings. The Kier molecular flexibility index (Phi) is 13.4. The standard InChI is InChI=1S/C29H47N7O5/c1-19(2)14-12-10-8-6-4-5-7-9-11-13-15-21(37)30-16-22(38)35-23-20(3)41-29(26(40)25(23)39)36-28-24-27(32-17-31-24)33-18-34-28/h10,12,17-20,23,25-26,29,39-40H,4-9,11,13-16H2,1-3H3,(H,30,37)(H,35,38)(H2,31,32,33,34,36). The average Bonchev–Trinajstić information content (AvgIpc) is 3.43. The molecule has 1 aliphatic rings. The van der Waals surface area contributed by atoms with Crippen molar-refractivity contribution in [2.45, 2.75) is 116 Å². The van der Waals surface area contributed by atoms with E-state index in [1.165, 1.54) is 38.3 Å². The number of aromatic nitrogens is 4. The molecule has 41 heavy (non-hydrogen) atoms. The van der Waals surface area contributed by atoms with Gasteiger partial charge in [0.1, 0.15) is 24.1 Å². The van der Waals surface area contributed by atoms with Crippen LogP contribution in [0, 0.1) is 5.92 Å². The summed E-state index contributed by atoms with van der Waals surface area (Å²) in [5, 5.41) is 29.6. The SMILES string of the molecule is CC(C)CC=CCCCCCCCCCC(=O)NCC(=O)NC1C(C)OC(Nc2ncnc3nc[nH]c23)C(O)C1O. The number of aliphatic hydroxyl groups is 2. The van der Waals surface area contributed by atoms with Crippen LogP contribution in [-0.2, 0) is 14.3 Å². The van der Waals surface area contributed by atoms with Gasteiger partial charge >= 0.3 is 0 Å². The minimum Gasteiger partial charge on any atom is -0.388 e. The first kappa shape index (κ1) is 32.4. The highest BCUT2D eigenvalue weighted by atomic mass is 16.5. The van der Waals surface area contributed by atoms with Crippen LogP contribution >= 0.6 is 0 Å². The van der Waals surface area contributed by atoms with E-state index in [0.29, 0.717) is 23.4 Å². The van der Waals surface area contributed by atoms with Crippen molar-refractivity contribution < 1.29 is 24.5 Å². The van der Waals surface area contributed by atoms with Crippen LogP contribution < -0.4 is 16.0 Å². The Hall–Kier alpha value is -3.09. The maximum absolute atomic E-state index is 12.5. The number of rotatable bonds is 17. The van der Waals surface area contributed by atoms with Crippen LogP contribution in [0.2, 0.25) is 0 Å². The molecule has 2 amide bonds. The summed E-state index contributed by atoms with van der Waals surface area (Å²) in [6, 6.07) is -0.860. The van der Waals surface area contributed by atoms with Crippen LogP contribution in [0.1, 0.15) is 85.0 Å². The van der Waals surface area contributed by atoms with Gasteiger partial charge < -0.3 is 35.9 Å². The molecule has 228 valence electrons. The molecule has 3 heterocycles. The first-order valence-electron chi connectivity index (χ1n) is 14.9. The van der Waals surface area contributed by atoms with Crippen LogP contribution in [0.3, 0.4) is 0 Å². The molecule has 1 saturated heterocycles. The van der Waals surface area contributed by atoms with Crippen LogP contribution in [0.5, 0.6) is 0 Å². The van der Waals surface area contributed by atoms with Gasteiger partial charge in [0.15, 0.2) is 17.7 Å². The maximum Gasteiger partial charge on any atom is 0.239 e. The quantitative estimate of drug-likeness (QED) is 0.123. The zero-order chi connectivity index (χ0) is 29.6. The van der Waals surface area contributed by atoms with Crippen molar-refractivity contribution in [3.63, 3.8) is 0 Å². The number of ether oxygens (including phenoxy) is 1. The van der Waals surface area contributed by atoms with Crippen molar-refractivity contribution in [3.8, 4) is 0 Å². The summed E-state index contributed by atoms with van der Waals surface area (Å²) in [5.41, 5.74) is 0.980. The number of imidazole rings is 1. The third-order valence-electron chi connectivity index (χ3n) is 7.22. The molecule has 12 nitrogen and oxygen atoms in total. The highest BCUT2D eigenvalue weighted by Crippen LogP contribution is 2.24. The van der Waals surface area contributed by atoms with Crippen molar-refractivity contribution in [1.82, 2.24) is 30.6 Å². The monoisotopic (exact) mass is 573 g/mol. The molecular weight excluding hydrogens is 526 g/mol. The number of anilines is 1. The van der Waals surface area contributed by atoms with E-state index in [0.717, 1.165) is 38.0 Å². The lowest BCUT2D eigenvalue weighted by molar-refractivity contribution is -0.172. The number of nitrogens with one attached hydrogen (secondary N) is 4. The van der Waals surface area contributed by atoms with Gasteiger partial charge in [-0.1, -0.05) is 58.1 Å². The first-order chi connectivity index (χ1) is 19.8. The van der Waals surface area contributed by atoms with E-state index in [1.54, 1.807) is 6.92 Å². The van der Waals surface area contributed by atoms with E-state index in [9.17, 15) is 19.8 Å². The number of carbonyl (C=O) groups is 2. The Morgan fingerprint density at radius 2 is 1.73 bits per heavy atom. The number of aromatic amines is 1. The average molecular weight is 574 g/mol. The summed E-state index contributed by atoms with van der Waals surface area (Å²) < 4.78 is 5.85. The fraction of sp³-hybridized carbons (Fsp3) is 0.690. The summed E-state index contributed by atoms with van der Waals surface area (Å²) in [7, 11) is 0. The molecule has 0 radical (unpaired) electrons. The zero-order valence-corrected chi connectivity index (χ0v) is 24.5. The van der Waals surface area contributed by atoms with Gasteiger partial charge in [-0.2, -0.15) is 0 Å². The second-order valence-corrected chi connectivity index (χ2v) is 11.2. The molecule has 1 aliphatic heterocycles. The predicted octanol–water partition coefficient (Wildman–Crippen LogP) is 2.95. The van der Waals surface area contributed by atoms with Crippen LogP contribution in [0.4, 0.5) is 5.82 Å². The van der Waals surface area contributed by atoms with Gasteiger partial charge in [-0.25, -0.2) is 15.0 Å².